The zero-order valence-electron chi connectivity index (χ0n) is 16.1. The number of aromatic amines is 1. The van der Waals surface area contributed by atoms with Crippen LogP contribution in [0, 0.1) is 5.82 Å². The first kappa shape index (κ1) is 18.5. The quantitative estimate of drug-likeness (QED) is 0.789. The van der Waals surface area contributed by atoms with Crippen molar-refractivity contribution in [1.82, 2.24) is 20.2 Å². The molecule has 1 saturated heterocycles. The van der Waals surface area contributed by atoms with E-state index in [1.807, 2.05) is 20.8 Å². The third kappa shape index (κ3) is 3.12. The van der Waals surface area contributed by atoms with Gasteiger partial charge in [-0.3, -0.25) is 9.78 Å². The number of likely N-dealkylation sites (tertiary alicyclic amines) is 1. The van der Waals surface area contributed by atoms with Crippen molar-refractivity contribution in [1.29, 1.82) is 0 Å². The minimum atomic E-state index is -0.572. The van der Waals surface area contributed by atoms with Gasteiger partial charge in [0.2, 0.25) is 0 Å². The lowest BCUT2D eigenvalue weighted by Gasteiger charge is -2.33. The first-order valence-corrected chi connectivity index (χ1v) is 9.28. The first-order valence-electron chi connectivity index (χ1n) is 9.28. The van der Waals surface area contributed by atoms with Gasteiger partial charge in [0.25, 0.3) is 5.91 Å². The molecule has 1 atom stereocenters. The molecule has 4 rings (SSSR count). The van der Waals surface area contributed by atoms with Gasteiger partial charge in [0.05, 0.1) is 11.8 Å². The van der Waals surface area contributed by atoms with Gasteiger partial charge in [-0.15, -0.1) is 0 Å². The molecule has 0 aliphatic carbocycles. The number of rotatable bonds is 1. The van der Waals surface area contributed by atoms with Gasteiger partial charge in [-0.2, -0.15) is 0 Å². The predicted molar refractivity (Wildman–Crippen MR) is 100 cm³/mol. The summed E-state index contributed by atoms with van der Waals surface area (Å²) < 4.78 is 19.7. The van der Waals surface area contributed by atoms with Crippen molar-refractivity contribution < 1.29 is 18.7 Å². The van der Waals surface area contributed by atoms with Crippen molar-refractivity contribution in [3.05, 3.63) is 41.6 Å². The maximum absolute atomic E-state index is 14.2. The number of hydrogen-bond donors (Lipinski definition) is 2. The van der Waals surface area contributed by atoms with Crippen molar-refractivity contribution in [3.63, 3.8) is 0 Å². The van der Waals surface area contributed by atoms with E-state index in [0.29, 0.717) is 42.9 Å². The Balaban J connectivity index is 1.67. The molecule has 0 aromatic carbocycles. The number of fused-ring (bicyclic) bond motifs is 2. The second-order valence-electron chi connectivity index (χ2n) is 8.44. The number of hydrogen-bond acceptors (Lipinski definition) is 4. The average Bonchev–Trinajstić information content (AvgIpc) is 3.24. The summed E-state index contributed by atoms with van der Waals surface area (Å²) in [5.74, 6) is -0.661. The van der Waals surface area contributed by atoms with Crippen LogP contribution in [0.2, 0.25) is 0 Å². The van der Waals surface area contributed by atoms with Gasteiger partial charge in [-0.25, -0.2) is 9.18 Å². The fourth-order valence-electron chi connectivity index (χ4n) is 3.93. The van der Waals surface area contributed by atoms with E-state index in [4.69, 9.17) is 4.74 Å². The Morgan fingerprint density at radius 1 is 1.36 bits per heavy atom. The summed E-state index contributed by atoms with van der Waals surface area (Å²) in [6, 6.07) is 3.24. The summed E-state index contributed by atoms with van der Waals surface area (Å²) in [6.07, 6.45) is 2.96. The largest absolute Gasteiger partial charge is 0.444 e. The van der Waals surface area contributed by atoms with Crippen molar-refractivity contribution in [2.75, 3.05) is 19.6 Å². The van der Waals surface area contributed by atoms with Crippen LogP contribution in [0.1, 0.15) is 43.2 Å². The Labute approximate surface area is 162 Å². The van der Waals surface area contributed by atoms with E-state index < -0.39 is 16.8 Å². The minimum absolute atomic E-state index is 0.201. The molecule has 4 heterocycles. The number of nitrogens with zero attached hydrogens (tertiary/aromatic N) is 2. The van der Waals surface area contributed by atoms with E-state index in [9.17, 15) is 14.0 Å². The van der Waals surface area contributed by atoms with E-state index in [-0.39, 0.29) is 12.0 Å². The molecular weight excluding hydrogens is 363 g/mol. The molecule has 8 heteroatoms. The second kappa shape index (κ2) is 6.32. The van der Waals surface area contributed by atoms with Crippen molar-refractivity contribution >= 4 is 12.0 Å². The summed E-state index contributed by atoms with van der Waals surface area (Å²) in [6.45, 7) is 6.86. The molecule has 2 aromatic rings. The molecule has 148 valence electrons. The summed E-state index contributed by atoms with van der Waals surface area (Å²) >= 11 is 0. The minimum Gasteiger partial charge on any atom is -0.444 e. The van der Waals surface area contributed by atoms with Gasteiger partial charge in [0, 0.05) is 48.2 Å². The molecule has 0 radical (unpaired) electrons. The molecule has 1 unspecified atom stereocenters. The van der Waals surface area contributed by atoms with Crippen LogP contribution >= 0.6 is 0 Å². The summed E-state index contributed by atoms with van der Waals surface area (Å²) in [7, 11) is 0. The Kier molecular flexibility index (Phi) is 4.17. The van der Waals surface area contributed by atoms with Crippen LogP contribution in [0.4, 0.5) is 9.18 Å². The van der Waals surface area contributed by atoms with Gasteiger partial charge >= 0.3 is 6.09 Å². The summed E-state index contributed by atoms with van der Waals surface area (Å²) in [4.78, 5) is 33.6. The zero-order valence-corrected chi connectivity index (χ0v) is 16.1. The monoisotopic (exact) mass is 386 g/mol. The maximum atomic E-state index is 14.2. The SMILES string of the molecule is CC(C)(C)OC(=O)N1CCC2(CNC(=O)c3cc(-c4ccncc4F)[nH]c32)C1. The Morgan fingerprint density at radius 2 is 2.14 bits per heavy atom. The highest BCUT2D eigenvalue weighted by molar-refractivity contribution is 5.98. The summed E-state index contributed by atoms with van der Waals surface area (Å²) in [5.41, 5.74) is 1.10. The molecule has 0 saturated carbocycles. The Bertz CT molecular complexity index is 949. The number of H-pyrrole nitrogens is 1. The van der Waals surface area contributed by atoms with E-state index in [1.54, 1.807) is 17.0 Å². The van der Waals surface area contributed by atoms with Crippen molar-refractivity contribution in [2.45, 2.75) is 38.2 Å². The normalized spacial score (nSPS) is 21.6. The van der Waals surface area contributed by atoms with Crippen LogP contribution in [0.25, 0.3) is 11.3 Å². The third-order valence-electron chi connectivity index (χ3n) is 5.25. The first-order chi connectivity index (χ1) is 13.2. The molecule has 28 heavy (non-hydrogen) atoms. The Morgan fingerprint density at radius 3 is 2.86 bits per heavy atom. The number of carbonyl (C=O) groups is 2. The van der Waals surface area contributed by atoms with E-state index in [2.05, 4.69) is 15.3 Å². The van der Waals surface area contributed by atoms with Crippen LogP contribution in [0.3, 0.4) is 0 Å². The lowest BCUT2D eigenvalue weighted by atomic mass is 9.79. The fourth-order valence-corrected chi connectivity index (χ4v) is 3.93. The number of amides is 2. The molecule has 1 spiro atoms. The van der Waals surface area contributed by atoms with Crippen LogP contribution in [0.15, 0.2) is 24.5 Å². The molecule has 2 aromatic heterocycles. The van der Waals surface area contributed by atoms with Crippen LogP contribution in [-0.2, 0) is 10.2 Å². The summed E-state index contributed by atoms with van der Waals surface area (Å²) in [5, 5.41) is 2.91. The molecule has 1 fully saturated rings. The van der Waals surface area contributed by atoms with Crippen LogP contribution in [0.5, 0.6) is 0 Å². The topological polar surface area (TPSA) is 87.3 Å². The van der Waals surface area contributed by atoms with Crippen molar-refractivity contribution in [3.8, 4) is 11.3 Å². The molecule has 2 aliphatic rings. The second-order valence-corrected chi connectivity index (χ2v) is 8.44. The molecule has 2 N–H and O–H groups in total. The number of carbonyl (C=O) groups excluding carboxylic acids is 2. The van der Waals surface area contributed by atoms with Crippen LogP contribution in [-0.4, -0.2) is 52.1 Å². The predicted octanol–water partition coefficient (Wildman–Crippen LogP) is 2.84. The number of halogens is 1. The number of pyridine rings is 1. The average molecular weight is 386 g/mol. The van der Waals surface area contributed by atoms with Crippen LogP contribution < -0.4 is 5.32 Å². The highest BCUT2D eigenvalue weighted by Crippen LogP contribution is 2.40. The molecule has 2 aliphatic heterocycles. The highest BCUT2D eigenvalue weighted by Gasteiger charge is 2.48. The van der Waals surface area contributed by atoms with Gasteiger partial charge in [-0.05, 0) is 39.3 Å². The lowest BCUT2D eigenvalue weighted by Crippen LogP contribution is -2.49. The standard InChI is InChI=1S/C20H23FN4O3/c1-19(2,3)28-18(27)25-7-5-20(11-25)10-23-17(26)13-8-15(24-16(13)20)12-4-6-22-9-14(12)21/h4,6,8-9,24H,5,7,10-11H2,1-3H3,(H,23,26). The Hall–Kier alpha value is -2.90. The van der Waals surface area contributed by atoms with E-state index in [0.717, 1.165) is 11.9 Å². The van der Waals surface area contributed by atoms with E-state index >= 15 is 0 Å². The molecule has 7 nitrogen and oxygen atoms in total. The smallest absolute Gasteiger partial charge is 0.410 e. The molecule has 2 amide bonds. The zero-order chi connectivity index (χ0) is 20.1. The number of nitrogens with one attached hydrogen (secondary N) is 2. The van der Waals surface area contributed by atoms with Gasteiger partial charge in [0.15, 0.2) is 5.82 Å². The third-order valence-corrected chi connectivity index (χ3v) is 5.25. The highest BCUT2D eigenvalue weighted by atomic mass is 19.1. The molecule has 0 bridgehead atoms. The van der Waals surface area contributed by atoms with Gasteiger partial charge in [-0.1, -0.05) is 0 Å². The molecular formula is C20H23FN4O3. The fraction of sp³-hybridized carbons (Fsp3) is 0.450. The van der Waals surface area contributed by atoms with Gasteiger partial charge in [0.1, 0.15) is 5.60 Å². The van der Waals surface area contributed by atoms with E-state index in [1.165, 1.54) is 6.20 Å². The van der Waals surface area contributed by atoms with Crippen molar-refractivity contribution in [2.24, 2.45) is 0 Å². The maximum Gasteiger partial charge on any atom is 0.410 e. The van der Waals surface area contributed by atoms with Gasteiger partial charge < -0.3 is 19.9 Å². The number of aromatic nitrogens is 2. The lowest BCUT2D eigenvalue weighted by molar-refractivity contribution is 0.0283. The number of ether oxygens (including phenoxy) is 1.